The van der Waals surface area contributed by atoms with Gasteiger partial charge in [0.15, 0.2) is 0 Å². The molecule has 0 aliphatic rings. The molecule has 0 spiro atoms. The predicted octanol–water partition coefficient (Wildman–Crippen LogP) is 2.80. The molecule has 0 aliphatic carbocycles. The smallest absolute Gasteiger partial charge is 0.132 e. The molecule has 0 aliphatic heterocycles. The molecule has 0 amide bonds. The Balaban J connectivity index is 3.04. The van der Waals surface area contributed by atoms with Crippen LogP contribution in [0.2, 0.25) is 0 Å². The number of nitrogens with zero attached hydrogens (tertiary/aromatic N) is 1. The minimum absolute atomic E-state index is 0.466. The van der Waals surface area contributed by atoms with E-state index < -0.39 is 0 Å². The zero-order valence-corrected chi connectivity index (χ0v) is 13.2. The van der Waals surface area contributed by atoms with Gasteiger partial charge in [-0.1, -0.05) is 0 Å². The Hall–Kier alpha value is -0.490. The number of methoxy groups -OCH3 is 2. The average molecular weight is 349 g/mol. The van der Waals surface area contributed by atoms with Crippen LogP contribution in [0.1, 0.15) is 12.5 Å². The summed E-state index contributed by atoms with van der Waals surface area (Å²) in [6, 6.07) is 4.56. The van der Waals surface area contributed by atoms with E-state index in [-0.39, 0.29) is 0 Å². The van der Waals surface area contributed by atoms with Gasteiger partial charge in [-0.25, -0.2) is 0 Å². The Morgan fingerprint density at radius 3 is 2.24 bits per heavy atom. The number of halogens is 1. The van der Waals surface area contributed by atoms with Crippen molar-refractivity contribution < 1.29 is 9.47 Å². The van der Waals surface area contributed by atoms with Gasteiger partial charge < -0.3 is 14.4 Å². The van der Waals surface area contributed by atoms with Gasteiger partial charge in [0.25, 0.3) is 0 Å². The van der Waals surface area contributed by atoms with E-state index in [9.17, 15) is 0 Å². The molecule has 0 N–H and O–H groups in total. The van der Waals surface area contributed by atoms with E-state index in [0.717, 1.165) is 21.5 Å². The zero-order valence-electron chi connectivity index (χ0n) is 11.1. The fourth-order valence-corrected chi connectivity index (χ4v) is 2.24. The number of rotatable bonds is 5. The number of ether oxygens (including phenoxy) is 2. The molecule has 96 valence electrons. The van der Waals surface area contributed by atoms with Crippen LogP contribution in [0.3, 0.4) is 0 Å². The van der Waals surface area contributed by atoms with Gasteiger partial charge in [0.05, 0.1) is 17.8 Å². The maximum atomic E-state index is 5.43. The third-order valence-electron chi connectivity index (χ3n) is 2.95. The van der Waals surface area contributed by atoms with Gasteiger partial charge in [0.2, 0.25) is 0 Å². The van der Waals surface area contributed by atoms with Crippen molar-refractivity contribution in [2.45, 2.75) is 19.4 Å². The third-order valence-corrected chi connectivity index (χ3v) is 3.79. The van der Waals surface area contributed by atoms with Gasteiger partial charge >= 0.3 is 0 Å². The quantitative estimate of drug-likeness (QED) is 0.763. The van der Waals surface area contributed by atoms with Crippen molar-refractivity contribution in [1.29, 1.82) is 0 Å². The predicted molar refractivity (Wildman–Crippen MR) is 79.1 cm³/mol. The van der Waals surface area contributed by atoms with Gasteiger partial charge in [0.1, 0.15) is 11.5 Å². The lowest BCUT2D eigenvalue weighted by Crippen LogP contribution is -2.26. The van der Waals surface area contributed by atoms with Crippen LogP contribution in [-0.4, -0.2) is 39.3 Å². The van der Waals surface area contributed by atoms with E-state index in [2.05, 4.69) is 54.6 Å². The Morgan fingerprint density at radius 2 is 1.76 bits per heavy atom. The first-order valence-electron chi connectivity index (χ1n) is 5.56. The number of likely N-dealkylation sites (N-methyl/N-ethyl adjacent to an activating group) is 1. The molecule has 0 saturated carbocycles. The lowest BCUT2D eigenvalue weighted by molar-refractivity contribution is 0.308. The molecule has 0 heterocycles. The van der Waals surface area contributed by atoms with Crippen LogP contribution in [0.25, 0.3) is 0 Å². The summed E-state index contributed by atoms with van der Waals surface area (Å²) >= 11 is 2.26. The summed E-state index contributed by atoms with van der Waals surface area (Å²) in [5, 5.41) is 0. The SMILES string of the molecule is COc1cc(C[C@@H](C)N(C)C)c(OC)cc1I. The second-order valence-corrected chi connectivity index (χ2v) is 5.48. The van der Waals surface area contributed by atoms with Crippen LogP contribution >= 0.6 is 22.6 Å². The molecule has 4 heteroatoms. The Morgan fingerprint density at radius 1 is 1.18 bits per heavy atom. The second kappa shape index (κ2) is 6.44. The van der Waals surface area contributed by atoms with E-state index in [1.54, 1.807) is 14.2 Å². The maximum Gasteiger partial charge on any atom is 0.132 e. The molecule has 1 aromatic rings. The molecule has 0 unspecified atom stereocenters. The minimum atomic E-state index is 0.466. The van der Waals surface area contributed by atoms with Gasteiger partial charge in [-0.3, -0.25) is 0 Å². The minimum Gasteiger partial charge on any atom is -0.496 e. The standard InChI is InChI=1S/C13H20INO2/c1-9(15(2)3)6-10-7-13(17-5)11(14)8-12(10)16-4/h7-9H,6H2,1-5H3/t9-/m1/s1. The fourth-order valence-electron chi connectivity index (χ4n) is 1.58. The maximum absolute atomic E-state index is 5.43. The Kier molecular flexibility index (Phi) is 5.52. The molecule has 0 radical (unpaired) electrons. The van der Waals surface area contributed by atoms with Crippen LogP contribution in [-0.2, 0) is 6.42 Å². The molecule has 3 nitrogen and oxygen atoms in total. The number of hydrogen-bond donors (Lipinski definition) is 0. The molecule has 0 bridgehead atoms. The normalized spacial score (nSPS) is 12.6. The zero-order chi connectivity index (χ0) is 13.0. The Labute approximate surface area is 117 Å². The van der Waals surface area contributed by atoms with Crippen molar-refractivity contribution >= 4 is 22.6 Å². The molecule has 0 aromatic heterocycles. The average Bonchev–Trinajstić information content (AvgIpc) is 2.30. The van der Waals surface area contributed by atoms with Crippen molar-refractivity contribution in [3.63, 3.8) is 0 Å². The highest BCUT2D eigenvalue weighted by atomic mass is 127. The molecule has 17 heavy (non-hydrogen) atoms. The molecule has 0 fully saturated rings. The highest BCUT2D eigenvalue weighted by Crippen LogP contribution is 2.30. The summed E-state index contributed by atoms with van der Waals surface area (Å²) in [6.45, 7) is 2.20. The first kappa shape index (κ1) is 14.6. The highest BCUT2D eigenvalue weighted by Gasteiger charge is 2.13. The van der Waals surface area contributed by atoms with Crippen molar-refractivity contribution in [2.24, 2.45) is 0 Å². The van der Waals surface area contributed by atoms with Gasteiger partial charge in [-0.05, 0) is 67.7 Å². The molecule has 1 rings (SSSR count). The van der Waals surface area contributed by atoms with Crippen LogP contribution < -0.4 is 9.47 Å². The van der Waals surface area contributed by atoms with Crippen LogP contribution in [0, 0.1) is 3.57 Å². The first-order chi connectivity index (χ1) is 7.99. The third kappa shape index (κ3) is 3.74. The summed E-state index contributed by atoms with van der Waals surface area (Å²) in [5.41, 5.74) is 1.19. The van der Waals surface area contributed by atoms with Gasteiger partial charge in [-0.2, -0.15) is 0 Å². The van der Waals surface area contributed by atoms with Crippen molar-refractivity contribution in [3.05, 3.63) is 21.3 Å². The summed E-state index contributed by atoms with van der Waals surface area (Å²) < 4.78 is 11.9. The van der Waals surface area contributed by atoms with Gasteiger partial charge in [-0.15, -0.1) is 0 Å². The van der Waals surface area contributed by atoms with E-state index >= 15 is 0 Å². The van der Waals surface area contributed by atoms with Crippen molar-refractivity contribution in [3.8, 4) is 11.5 Å². The van der Waals surface area contributed by atoms with Crippen molar-refractivity contribution in [1.82, 2.24) is 4.90 Å². The highest BCUT2D eigenvalue weighted by molar-refractivity contribution is 14.1. The lowest BCUT2D eigenvalue weighted by Gasteiger charge is -2.21. The van der Waals surface area contributed by atoms with E-state index in [1.165, 1.54) is 5.56 Å². The molecular formula is C13H20INO2. The molecular weight excluding hydrogens is 329 g/mol. The first-order valence-corrected chi connectivity index (χ1v) is 6.64. The van der Waals surface area contributed by atoms with E-state index in [0.29, 0.717) is 6.04 Å². The summed E-state index contributed by atoms with van der Waals surface area (Å²) in [7, 11) is 7.58. The lowest BCUT2D eigenvalue weighted by atomic mass is 10.0. The molecule has 0 saturated heterocycles. The monoisotopic (exact) mass is 349 g/mol. The van der Waals surface area contributed by atoms with Gasteiger partial charge in [0, 0.05) is 6.04 Å². The summed E-state index contributed by atoms with van der Waals surface area (Å²) in [6.07, 6.45) is 0.948. The summed E-state index contributed by atoms with van der Waals surface area (Å²) in [4.78, 5) is 2.20. The fraction of sp³-hybridized carbons (Fsp3) is 0.538. The van der Waals surface area contributed by atoms with E-state index in [1.807, 2.05) is 6.07 Å². The van der Waals surface area contributed by atoms with Crippen LogP contribution in [0.5, 0.6) is 11.5 Å². The van der Waals surface area contributed by atoms with Crippen LogP contribution in [0.15, 0.2) is 12.1 Å². The molecule has 1 atom stereocenters. The van der Waals surface area contributed by atoms with Crippen LogP contribution in [0.4, 0.5) is 0 Å². The van der Waals surface area contributed by atoms with Crippen molar-refractivity contribution in [2.75, 3.05) is 28.3 Å². The number of benzene rings is 1. The van der Waals surface area contributed by atoms with E-state index in [4.69, 9.17) is 9.47 Å². The Bertz CT molecular complexity index is 380. The number of hydrogen-bond acceptors (Lipinski definition) is 3. The largest absolute Gasteiger partial charge is 0.496 e. The second-order valence-electron chi connectivity index (χ2n) is 4.32. The molecule has 1 aromatic carbocycles. The topological polar surface area (TPSA) is 21.7 Å². The summed E-state index contributed by atoms with van der Waals surface area (Å²) in [5.74, 6) is 1.84.